The maximum absolute atomic E-state index is 13.6. The van der Waals surface area contributed by atoms with E-state index in [1.54, 1.807) is 0 Å². The molecule has 1 atom stereocenters. The van der Waals surface area contributed by atoms with Gasteiger partial charge in [-0.1, -0.05) is 48.0 Å². The van der Waals surface area contributed by atoms with E-state index in [1.165, 1.54) is 4.31 Å². The first kappa shape index (κ1) is 18.6. The summed E-state index contributed by atoms with van der Waals surface area (Å²) in [4.78, 5) is 12.5. The fourth-order valence-electron chi connectivity index (χ4n) is 3.75. The fraction of sp³-hybridized carbons (Fsp3) is 0.350. The molecule has 1 heterocycles. The number of carbonyl (C=O) groups excluding carboxylic acids is 1. The van der Waals surface area contributed by atoms with Gasteiger partial charge in [-0.05, 0) is 37.5 Å². The second-order valence-corrected chi connectivity index (χ2v) is 8.65. The van der Waals surface area contributed by atoms with Gasteiger partial charge in [0.05, 0.1) is 10.9 Å². The van der Waals surface area contributed by atoms with E-state index >= 15 is 0 Å². The van der Waals surface area contributed by atoms with Gasteiger partial charge in [-0.15, -0.1) is 0 Å². The van der Waals surface area contributed by atoms with Gasteiger partial charge in [0.15, 0.2) is 0 Å². The molecule has 0 aliphatic carbocycles. The van der Waals surface area contributed by atoms with E-state index in [-0.39, 0.29) is 18.9 Å². The van der Waals surface area contributed by atoms with Crippen molar-refractivity contribution in [1.82, 2.24) is 9.62 Å². The minimum atomic E-state index is -3.74. The van der Waals surface area contributed by atoms with E-state index in [0.29, 0.717) is 11.4 Å². The number of amides is 1. The second kappa shape index (κ2) is 7.21. The van der Waals surface area contributed by atoms with E-state index < -0.39 is 16.1 Å². The number of sulfonamides is 1. The molecular formula is C20H24N2O3S. The minimum Gasteiger partial charge on any atom is -0.355 e. The fourth-order valence-corrected chi connectivity index (χ4v) is 5.78. The number of hydrogen-bond acceptors (Lipinski definition) is 3. The van der Waals surface area contributed by atoms with Gasteiger partial charge in [-0.2, -0.15) is 4.31 Å². The van der Waals surface area contributed by atoms with Crippen LogP contribution in [0.5, 0.6) is 0 Å². The average Bonchev–Trinajstić information content (AvgIpc) is 2.76. The summed E-state index contributed by atoms with van der Waals surface area (Å²) >= 11 is 0. The van der Waals surface area contributed by atoms with Gasteiger partial charge in [-0.3, -0.25) is 4.79 Å². The number of benzene rings is 2. The molecule has 6 heteroatoms. The molecule has 138 valence electrons. The Morgan fingerprint density at radius 2 is 1.65 bits per heavy atom. The third-order valence-electron chi connectivity index (χ3n) is 4.74. The van der Waals surface area contributed by atoms with Crippen molar-refractivity contribution in [2.75, 3.05) is 13.1 Å². The summed E-state index contributed by atoms with van der Waals surface area (Å²) < 4.78 is 28.6. The number of hydrogen-bond donors (Lipinski definition) is 1. The molecule has 1 fully saturated rings. The van der Waals surface area contributed by atoms with Crippen LogP contribution in [-0.4, -0.2) is 31.7 Å². The van der Waals surface area contributed by atoms with Crippen LogP contribution in [0.4, 0.5) is 0 Å². The Morgan fingerprint density at radius 1 is 1.04 bits per heavy atom. The predicted octanol–water partition coefficient (Wildman–Crippen LogP) is 2.86. The largest absolute Gasteiger partial charge is 0.355 e. The second-order valence-electron chi connectivity index (χ2n) is 6.82. The summed E-state index contributed by atoms with van der Waals surface area (Å²) in [6, 6.07) is 12.6. The van der Waals surface area contributed by atoms with Crippen LogP contribution in [-0.2, 0) is 14.8 Å². The van der Waals surface area contributed by atoms with Crippen molar-refractivity contribution in [3.63, 3.8) is 0 Å². The van der Waals surface area contributed by atoms with Crippen LogP contribution in [0.25, 0.3) is 0 Å². The zero-order valence-corrected chi connectivity index (χ0v) is 16.1. The molecule has 5 nitrogen and oxygen atoms in total. The lowest BCUT2D eigenvalue weighted by atomic mass is 10.0. The lowest BCUT2D eigenvalue weighted by Gasteiger charge is -2.30. The van der Waals surface area contributed by atoms with Gasteiger partial charge in [0.2, 0.25) is 15.9 Å². The van der Waals surface area contributed by atoms with E-state index in [1.807, 2.05) is 63.2 Å². The Hall–Kier alpha value is -2.18. The highest BCUT2D eigenvalue weighted by Gasteiger charge is 2.36. The Balaban J connectivity index is 2.13. The van der Waals surface area contributed by atoms with Crippen LogP contribution in [0.15, 0.2) is 47.4 Å². The molecular weight excluding hydrogens is 348 g/mol. The van der Waals surface area contributed by atoms with Crippen LogP contribution in [0.3, 0.4) is 0 Å². The summed E-state index contributed by atoms with van der Waals surface area (Å²) in [5.41, 5.74) is 3.33. The zero-order valence-electron chi connectivity index (χ0n) is 15.3. The van der Waals surface area contributed by atoms with Crippen LogP contribution < -0.4 is 5.32 Å². The van der Waals surface area contributed by atoms with Crippen molar-refractivity contribution in [1.29, 1.82) is 0 Å². The van der Waals surface area contributed by atoms with Crippen molar-refractivity contribution >= 4 is 15.9 Å². The number of rotatable bonds is 3. The Labute approximate surface area is 155 Å². The van der Waals surface area contributed by atoms with Crippen LogP contribution in [0, 0.1) is 20.8 Å². The van der Waals surface area contributed by atoms with Crippen molar-refractivity contribution in [3.05, 3.63) is 64.7 Å². The van der Waals surface area contributed by atoms with Gasteiger partial charge in [-0.25, -0.2) is 8.42 Å². The maximum Gasteiger partial charge on any atom is 0.244 e. The molecule has 0 bridgehead atoms. The topological polar surface area (TPSA) is 66.5 Å². The smallest absolute Gasteiger partial charge is 0.244 e. The van der Waals surface area contributed by atoms with Crippen LogP contribution >= 0.6 is 0 Å². The quantitative estimate of drug-likeness (QED) is 0.901. The summed E-state index contributed by atoms with van der Waals surface area (Å²) in [5.74, 6) is -0.131. The monoisotopic (exact) mass is 372 g/mol. The average molecular weight is 372 g/mol. The first-order valence-corrected chi connectivity index (χ1v) is 10.2. The third-order valence-corrected chi connectivity index (χ3v) is 6.95. The van der Waals surface area contributed by atoms with Crippen molar-refractivity contribution in [2.45, 2.75) is 38.1 Å². The number of nitrogens with one attached hydrogen (secondary N) is 1. The summed E-state index contributed by atoms with van der Waals surface area (Å²) in [6.45, 7) is 6.17. The van der Waals surface area contributed by atoms with Crippen LogP contribution in [0.1, 0.15) is 34.7 Å². The van der Waals surface area contributed by atoms with E-state index in [2.05, 4.69) is 5.32 Å². The molecule has 0 radical (unpaired) electrons. The maximum atomic E-state index is 13.6. The van der Waals surface area contributed by atoms with Crippen molar-refractivity contribution in [2.24, 2.45) is 0 Å². The van der Waals surface area contributed by atoms with E-state index in [9.17, 15) is 13.2 Å². The highest BCUT2D eigenvalue weighted by Crippen LogP contribution is 2.34. The summed E-state index contributed by atoms with van der Waals surface area (Å²) in [7, 11) is -3.74. The molecule has 0 unspecified atom stereocenters. The van der Waals surface area contributed by atoms with Gasteiger partial charge in [0.1, 0.15) is 0 Å². The number of carbonyl (C=O) groups is 1. The van der Waals surface area contributed by atoms with Gasteiger partial charge in [0, 0.05) is 19.5 Å². The van der Waals surface area contributed by atoms with Gasteiger partial charge in [0.25, 0.3) is 0 Å². The molecule has 1 aliphatic heterocycles. The van der Waals surface area contributed by atoms with E-state index in [4.69, 9.17) is 0 Å². The molecule has 2 aromatic rings. The van der Waals surface area contributed by atoms with Crippen molar-refractivity contribution in [3.8, 4) is 0 Å². The summed E-state index contributed by atoms with van der Waals surface area (Å²) in [6.07, 6.45) is 0.118. The molecule has 3 rings (SSSR count). The van der Waals surface area contributed by atoms with Crippen LogP contribution in [0.2, 0.25) is 0 Å². The number of nitrogens with zero attached hydrogens (tertiary/aromatic N) is 1. The predicted molar refractivity (Wildman–Crippen MR) is 101 cm³/mol. The molecule has 1 amide bonds. The molecule has 26 heavy (non-hydrogen) atoms. The first-order valence-electron chi connectivity index (χ1n) is 8.72. The highest BCUT2D eigenvalue weighted by atomic mass is 32.2. The summed E-state index contributed by atoms with van der Waals surface area (Å²) in [5, 5.41) is 2.79. The zero-order chi connectivity index (χ0) is 18.9. The molecule has 0 saturated carbocycles. The standard InChI is InChI=1S/C20H24N2O3S/c1-14-11-15(2)20(16(3)12-14)26(24,25)22-10-9-21-19(23)13-18(22)17-7-5-4-6-8-17/h4-8,11-12,18H,9-10,13H2,1-3H3,(H,21,23)/t18-/m1/s1. The molecule has 1 saturated heterocycles. The molecule has 2 aromatic carbocycles. The normalized spacial score (nSPS) is 19.0. The van der Waals surface area contributed by atoms with Gasteiger partial charge >= 0.3 is 0 Å². The minimum absolute atomic E-state index is 0.118. The van der Waals surface area contributed by atoms with Crippen molar-refractivity contribution < 1.29 is 13.2 Å². The lowest BCUT2D eigenvalue weighted by molar-refractivity contribution is -0.121. The SMILES string of the molecule is Cc1cc(C)c(S(=O)(=O)N2CCNC(=O)C[C@@H]2c2ccccc2)c(C)c1. The Bertz CT molecular complexity index is 900. The Kier molecular flexibility index (Phi) is 5.16. The highest BCUT2D eigenvalue weighted by molar-refractivity contribution is 7.89. The molecule has 0 aromatic heterocycles. The number of aryl methyl sites for hydroxylation is 3. The van der Waals surface area contributed by atoms with Gasteiger partial charge < -0.3 is 5.32 Å². The molecule has 1 N–H and O–H groups in total. The molecule has 1 aliphatic rings. The lowest BCUT2D eigenvalue weighted by Crippen LogP contribution is -2.37. The first-order chi connectivity index (χ1) is 12.3. The van der Waals surface area contributed by atoms with E-state index in [0.717, 1.165) is 22.3 Å². The Morgan fingerprint density at radius 3 is 2.27 bits per heavy atom. The third kappa shape index (κ3) is 3.52. The molecule has 0 spiro atoms.